The molecule has 0 fully saturated rings. The van der Waals surface area contributed by atoms with E-state index >= 15 is 0 Å². The zero-order valence-corrected chi connectivity index (χ0v) is 12.1. The van der Waals surface area contributed by atoms with Crippen molar-refractivity contribution in [3.63, 3.8) is 0 Å². The van der Waals surface area contributed by atoms with Crippen molar-refractivity contribution in [3.05, 3.63) is 33.2 Å². The van der Waals surface area contributed by atoms with Crippen molar-refractivity contribution in [2.45, 2.75) is 51.0 Å². The van der Waals surface area contributed by atoms with Crippen LogP contribution in [0.5, 0.6) is 0 Å². The Morgan fingerprint density at radius 2 is 2.11 bits per heavy atom. The highest BCUT2D eigenvalue weighted by Crippen LogP contribution is 2.35. The predicted octanol–water partition coefficient (Wildman–Crippen LogP) is 3.22. The highest BCUT2D eigenvalue weighted by Gasteiger charge is 2.23. The monoisotopic (exact) mass is 278 g/mol. The quantitative estimate of drug-likeness (QED) is 0.507. The summed E-state index contributed by atoms with van der Waals surface area (Å²) in [4.78, 5) is 2.87. The van der Waals surface area contributed by atoms with E-state index in [2.05, 4.69) is 17.6 Å². The summed E-state index contributed by atoms with van der Waals surface area (Å²) >= 11 is 1.91. The molecule has 104 valence electrons. The lowest BCUT2D eigenvalue weighted by Crippen LogP contribution is -2.30. The number of ether oxygens (including phenoxy) is 1. The van der Waals surface area contributed by atoms with Gasteiger partial charge in [0.05, 0.1) is 6.61 Å². The van der Waals surface area contributed by atoms with Crippen molar-refractivity contribution in [1.29, 1.82) is 0 Å². The van der Waals surface area contributed by atoms with Crippen molar-refractivity contribution in [3.8, 4) is 0 Å². The van der Waals surface area contributed by atoms with E-state index in [0.717, 1.165) is 25.2 Å². The molecule has 2 aliphatic rings. The van der Waals surface area contributed by atoms with Crippen LogP contribution >= 0.6 is 11.3 Å². The molecule has 1 aromatic rings. The minimum absolute atomic E-state index is 0.0391. The SMILES string of the molecule is NNC(C1=CCCCO1)c1cc2c(s1)CCCCC2. The minimum atomic E-state index is 0.0391. The van der Waals surface area contributed by atoms with Gasteiger partial charge < -0.3 is 4.74 Å². The summed E-state index contributed by atoms with van der Waals surface area (Å²) in [6.07, 6.45) is 10.9. The highest BCUT2D eigenvalue weighted by molar-refractivity contribution is 7.12. The van der Waals surface area contributed by atoms with E-state index in [-0.39, 0.29) is 6.04 Å². The summed E-state index contributed by atoms with van der Waals surface area (Å²) in [6.45, 7) is 0.815. The van der Waals surface area contributed by atoms with Gasteiger partial charge in [-0.2, -0.15) is 0 Å². The number of nitrogens with one attached hydrogen (secondary N) is 1. The van der Waals surface area contributed by atoms with Gasteiger partial charge in [-0.25, -0.2) is 5.43 Å². The highest BCUT2D eigenvalue weighted by atomic mass is 32.1. The molecule has 1 aliphatic heterocycles. The van der Waals surface area contributed by atoms with E-state index in [1.807, 2.05) is 11.3 Å². The summed E-state index contributed by atoms with van der Waals surface area (Å²) in [5.74, 6) is 6.76. The third kappa shape index (κ3) is 2.86. The van der Waals surface area contributed by atoms with Gasteiger partial charge in [-0.05, 0) is 56.2 Å². The fraction of sp³-hybridized carbons (Fsp3) is 0.600. The molecule has 0 spiro atoms. The smallest absolute Gasteiger partial charge is 0.116 e. The number of nitrogens with two attached hydrogens (primary N) is 1. The Morgan fingerprint density at radius 1 is 1.21 bits per heavy atom. The first kappa shape index (κ1) is 13.2. The molecule has 0 saturated heterocycles. The average Bonchev–Trinajstić information content (AvgIpc) is 2.71. The van der Waals surface area contributed by atoms with E-state index in [0.29, 0.717) is 0 Å². The van der Waals surface area contributed by atoms with Crippen LogP contribution < -0.4 is 11.3 Å². The minimum Gasteiger partial charge on any atom is -0.496 e. The molecule has 0 saturated carbocycles. The number of allylic oxidation sites excluding steroid dienone is 1. The van der Waals surface area contributed by atoms with Crippen LogP contribution in [-0.2, 0) is 17.6 Å². The zero-order valence-electron chi connectivity index (χ0n) is 11.3. The molecule has 0 radical (unpaired) electrons. The first-order valence-electron chi connectivity index (χ1n) is 7.29. The fourth-order valence-electron chi connectivity index (χ4n) is 2.91. The molecular weight excluding hydrogens is 256 g/mol. The van der Waals surface area contributed by atoms with Crippen LogP contribution in [0.25, 0.3) is 0 Å². The van der Waals surface area contributed by atoms with Gasteiger partial charge in [-0.3, -0.25) is 5.84 Å². The lowest BCUT2D eigenvalue weighted by Gasteiger charge is -2.22. The van der Waals surface area contributed by atoms with Crippen LogP contribution in [0.1, 0.15) is 53.5 Å². The van der Waals surface area contributed by atoms with E-state index in [1.165, 1.54) is 42.5 Å². The number of fused-ring (bicyclic) bond motifs is 1. The van der Waals surface area contributed by atoms with Gasteiger partial charge in [-0.15, -0.1) is 11.3 Å². The molecule has 0 aromatic carbocycles. The van der Waals surface area contributed by atoms with Crippen LogP contribution in [0.4, 0.5) is 0 Å². The Morgan fingerprint density at radius 3 is 2.89 bits per heavy atom. The molecular formula is C15H22N2OS. The fourth-order valence-corrected chi connectivity index (χ4v) is 4.24. The third-order valence-corrected chi connectivity index (χ3v) is 5.27. The number of hydrazine groups is 1. The lowest BCUT2D eigenvalue weighted by molar-refractivity contribution is 0.168. The second-order valence-electron chi connectivity index (χ2n) is 5.35. The molecule has 1 unspecified atom stereocenters. The topological polar surface area (TPSA) is 47.3 Å². The van der Waals surface area contributed by atoms with E-state index in [9.17, 15) is 0 Å². The summed E-state index contributed by atoms with van der Waals surface area (Å²) in [7, 11) is 0. The summed E-state index contributed by atoms with van der Waals surface area (Å²) in [5.41, 5.74) is 4.47. The zero-order chi connectivity index (χ0) is 13.1. The molecule has 0 bridgehead atoms. The van der Waals surface area contributed by atoms with Crippen LogP contribution in [-0.4, -0.2) is 6.61 Å². The second kappa shape index (κ2) is 6.07. The van der Waals surface area contributed by atoms with Crippen LogP contribution in [0, 0.1) is 0 Å². The van der Waals surface area contributed by atoms with Crippen molar-refractivity contribution in [2.24, 2.45) is 5.84 Å². The first-order chi connectivity index (χ1) is 9.38. The van der Waals surface area contributed by atoms with Gasteiger partial charge >= 0.3 is 0 Å². The first-order valence-corrected chi connectivity index (χ1v) is 8.10. The second-order valence-corrected chi connectivity index (χ2v) is 6.52. The molecule has 1 aliphatic carbocycles. The summed E-state index contributed by atoms with van der Waals surface area (Å²) < 4.78 is 5.77. The van der Waals surface area contributed by atoms with Gasteiger partial charge in [0.1, 0.15) is 11.8 Å². The molecule has 2 heterocycles. The van der Waals surface area contributed by atoms with Crippen molar-refractivity contribution in [2.75, 3.05) is 6.61 Å². The Bertz CT molecular complexity index is 443. The Labute approximate surface area is 118 Å². The molecule has 19 heavy (non-hydrogen) atoms. The van der Waals surface area contributed by atoms with E-state index < -0.39 is 0 Å². The summed E-state index contributed by atoms with van der Waals surface area (Å²) in [6, 6.07) is 2.38. The number of thiophene rings is 1. The van der Waals surface area contributed by atoms with Crippen molar-refractivity contribution in [1.82, 2.24) is 5.43 Å². The Hall–Kier alpha value is -0.840. The maximum atomic E-state index is 5.77. The Balaban J connectivity index is 1.85. The van der Waals surface area contributed by atoms with Gasteiger partial charge in [0.2, 0.25) is 0 Å². The number of hydrogen-bond donors (Lipinski definition) is 2. The maximum absolute atomic E-state index is 5.77. The predicted molar refractivity (Wildman–Crippen MR) is 78.9 cm³/mol. The summed E-state index contributed by atoms with van der Waals surface area (Å²) in [5, 5.41) is 0. The third-order valence-electron chi connectivity index (χ3n) is 3.96. The number of hydrogen-bond acceptors (Lipinski definition) is 4. The largest absolute Gasteiger partial charge is 0.496 e. The standard InChI is InChI=1S/C15H22N2OS/c16-17-15(12-7-4-5-9-18-12)14-10-11-6-2-1-3-8-13(11)19-14/h7,10,15,17H,1-6,8-9,16H2. The van der Waals surface area contributed by atoms with Gasteiger partial charge in [0, 0.05) is 9.75 Å². The van der Waals surface area contributed by atoms with Crippen LogP contribution in [0.2, 0.25) is 0 Å². The average molecular weight is 278 g/mol. The molecule has 3 N–H and O–H groups in total. The normalized spacial score (nSPS) is 21.0. The van der Waals surface area contributed by atoms with E-state index in [1.54, 1.807) is 4.88 Å². The molecule has 3 nitrogen and oxygen atoms in total. The van der Waals surface area contributed by atoms with Gasteiger partial charge in [0.15, 0.2) is 0 Å². The molecule has 1 atom stereocenters. The molecule has 1 aromatic heterocycles. The Kier molecular flexibility index (Phi) is 4.21. The van der Waals surface area contributed by atoms with Gasteiger partial charge in [0.25, 0.3) is 0 Å². The van der Waals surface area contributed by atoms with Gasteiger partial charge in [-0.1, -0.05) is 6.42 Å². The van der Waals surface area contributed by atoms with Crippen LogP contribution in [0.3, 0.4) is 0 Å². The maximum Gasteiger partial charge on any atom is 0.116 e. The number of rotatable bonds is 3. The van der Waals surface area contributed by atoms with Crippen molar-refractivity contribution < 1.29 is 4.74 Å². The van der Waals surface area contributed by atoms with Crippen LogP contribution in [0.15, 0.2) is 17.9 Å². The van der Waals surface area contributed by atoms with Crippen molar-refractivity contribution >= 4 is 11.3 Å². The molecule has 3 rings (SSSR count). The number of aryl methyl sites for hydroxylation is 2. The molecule has 0 amide bonds. The van der Waals surface area contributed by atoms with E-state index in [4.69, 9.17) is 10.6 Å². The molecule has 4 heteroatoms. The lowest BCUT2D eigenvalue weighted by atomic mass is 10.1.